The second kappa shape index (κ2) is 14.7. The van der Waals surface area contributed by atoms with E-state index in [9.17, 15) is 14.4 Å². The van der Waals surface area contributed by atoms with E-state index < -0.39 is 24.1 Å². The molecule has 0 unspecified atom stereocenters. The van der Waals surface area contributed by atoms with Gasteiger partial charge in [0.25, 0.3) is 0 Å². The number of nitrogens with zero attached hydrogens (tertiary/aromatic N) is 1. The molecule has 37 heavy (non-hydrogen) atoms. The summed E-state index contributed by atoms with van der Waals surface area (Å²) in [6.45, 7) is 6.27. The molecule has 0 aromatic heterocycles. The number of rotatable bonds is 12. The number of thioether (sulfide) groups is 1. The van der Waals surface area contributed by atoms with Gasteiger partial charge in [-0.05, 0) is 49.0 Å². The number of carbonyl (C=O) groups is 3. The fourth-order valence-corrected chi connectivity index (χ4v) is 5.50. The van der Waals surface area contributed by atoms with Gasteiger partial charge in [-0.25, -0.2) is 4.79 Å². The van der Waals surface area contributed by atoms with Crippen molar-refractivity contribution in [3.05, 3.63) is 71.8 Å². The largest absolute Gasteiger partial charge is 0.445 e. The number of hydrogen-bond donors (Lipinski definition) is 2. The molecule has 1 heterocycles. The average molecular weight is 526 g/mol. The first-order chi connectivity index (χ1) is 17.8. The second-order valence-electron chi connectivity index (χ2n) is 9.80. The van der Waals surface area contributed by atoms with Crippen LogP contribution in [0.15, 0.2) is 60.7 Å². The molecule has 0 spiro atoms. The molecule has 1 aliphatic rings. The van der Waals surface area contributed by atoms with Crippen LogP contribution in [0.1, 0.15) is 44.7 Å². The molecule has 1 aliphatic heterocycles. The Morgan fingerprint density at radius 3 is 2.27 bits per heavy atom. The maximum absolute atomic E-state index is 13.5. The van der Waals surface area contributed by atoms with Gasteiger partial charge in [0.1, 0.15) is 18.7 Å². The third kappa shape index (κ3) is 9.11. The number of likely N-dealkylation sites (tertiary alicyclic amines) is 1. The van der Waals surface area contributed by atoms with Crippen LogP contribution in [-0.4, -0.2) is 59.0 Å². The zero-order valence-corrected chi connectivity index (χ0v) is 22.8. The number of carbonyl (C=O) groups excluding carboxylic acids is 3. The Hall–Kier alpha value is -3.00. The fourth-order valence-electron chi connectivity index (χ4n) is 4.33. The van der Waals surface area contributed by atoms with E-state index in [1.54, 1.807) is 6.92 Å². The van der Waals surface area contributed by atoms with Crippen molar-refractivity contribution in [3.63, 3.8) is 0 Å². The fraction of sp³-hybridized carbons (Fsp3) is 0.483. The van der Waals surface area contributed by atoms with Gasteiger partial charge in [0.15, 0.2) is 0 Å². The minimum absolute atomic E-state index is 0.0478. The van der Waals surface area contributed by atoms with Crippen LogP contribution in [0.2, 0.25) is 0 Å². The molecule has 2 aromatic rings. The van der Waals surface area contributed by atoms with E-state index in [1.807, 2.05) is 66.9 Å². The molecule has 3 rings (SSSR count). The van der Waals surface area contributed by atoms with Gasteiger partial charge in [-0.15, -0.1) is 0 Å². The molecule has 1 fully saturated rings. The minimum Gasteiger partial charge on any atom is -0.445 e. The smallest absolute Gasteiger partial charge is 0.408 e. The van der Waals surface area contributed by atoms with E-state index in [-0.39, 0.29) is 24.5 Å². The monoisotopic (exact) mass is 525 g/mol. The Kier molecular flexibility index (Phi) is 11.3. The van der Waals surface area contributed by atoms with Crippen molar-refractivity contribution in [1.82, 2.24) is 15.5 Å². The topological polar surface area (TPSA) is 87.7 Å². The predicted molar refractivity (Wildman–Crippen MR) is 148 cm³/mol. The van der Waals surface area contributed by atoms with E-state index in [4.69, 9.17) is 4.74 Å². The third-order valence-corrected chi connectivity index (χ3v) is 7.63. The Bertz CT molecular complexity index is 1000. The molecule has 8 heteroatoms. The summed E-state index contributed by atoms with van der Waals surface area (Å²) in [5.41, 5.74) is 2.18. The highest BCUT2D eigenvalue weighted by atomic mass is 32.2. The number of nitrogens with one attached hydrogen (secondary N) is 2. The lowest BCUT2D eigenvalue weighted by atomic mass is 10.0. The van der Waals surface area contributed by atoms with Gasteiger partial charge < -0.3 is 20.3 Å². The number of ether oxygens (including phenoxy) is 1. The van der Waals surface area contributed by atoms with Crippen LogP contribution >= 0.6 is 11.8 Å². The number of aryl methyl sites for hydroxylation is 1. The highest BCUT2D eigenvalue weighted by Gasteiger charge is 2.35. The van der Waals surface area contributed by atoms with Crippen molar-refractivity contribution in [2.75, 3.05) is 18.1 Å². The molecule has 0 bridgehead atoms. The third-order valence-electron chi connectivity index (χ3n) is 6.52. The van der Waals surface area contributed by atoms with Gasteiger partial charge in [0.05, 0.1) is 0 Å². The van der Waals surface area contributed by atoms with Gasteiger partial charge >= 0.3 is 6.09 Å². The lowest BCUT2D eigenvalue weighted by Gasteiger charge is -2.31. The van der Waals surface area contributed by atoms with E-state index >= 15 is 0 Å². The Balaban J connectivity index is 1.47. The van der Waals surface area contributed by atoms with Crippen molar-refractivity contribution in [1.29, 1.82) is 0 Å². The van der Waals surface area contributed by atoms with Crippen LogP contribution in [0, 0.1) is 5.92 Å². The maximum Gasteiger partial charge on any atom is 0.408 e. The van der Waals surface area contributed by atoms with E-state index in [1.165, 1.54) is 5.56 Å². The summed E-state index contributed by atoms with van der Waals surface area (Å²) in [5.74, 6) is 1.37. The lowest BCUT2D eigenvalue weighted by Crippen LogP contribution is -2.56. The number of amides is 3. The molecular formula is C29H39N3O4S. The standard InChI is InChI=1S/C29H39N3O4S/c1-21(2)26(31-27(33)22(3)30-29(35)36-19-24-13-8-5-9-14-24)28(34)32-17-10-15-25(32)20-37-18-16-23-11-6-4-7-12-23/h4-9,11-14,21-22,25-26H,10,15-20H2,1-3H3,(H,30,35)(H,31,33)/t22-,25-,26-/m0/s1. The van der Waals surface area contributed by atoms with Crippen LogP contribution in [-0.2, 0) is 27.4 Å². The van der Waals surface area contributed by atoms with Crippen molar-refractivity contribution < 1.29 is 19.1 Å². The summed E-state index contributed by atoms with van der Waals surface area (Å²) < 4.78 is 5.21. The molecule has 2 aromatic carbocycles. The molecule has 0 radical (unpaired) electrons. The zero-order chi connectivity index (χ0) is 26.6. The number of alkyl carbamates (subject to hydrolysis) is 1. The SMILES string of the molecule is CC(C)[C@H](NC(=O)[C@H](C)NC(=O)OCc1ccccc1)C(=O)N1CCC[C@H]1CSCCc1ccccc1. The van der Waals surface area contributed by atoms with Crippen LogP contribution in [0.25, 0.3) is 0 Å². The Morgan fingerprint density at radius 2 is 1.62 bits per heavy atom. The van der Waals surface area contributed by atoms with E-state index in [0.29, 0.717) is 6.54 Å². The summed E-state index contributed by atoms with van der Waals surface area (Å²) in [6.07, 6.45) is 2.29. The first-order valence-electron chi connectivity index (χ1n) is 13.0. The minimum atomic E-state index is -0.833. The van der Waals surface area contributed by atoms with Crippen LogP contribution in [0.4, 0.5) is 4.79 Å². The highest BCUT2D eigenvalue weighted by molar-refractivity contribution is 7.99. The van der Waals surface area contributed by atoms with Gasteiger partial charge in [0, 0.05) is 18.3 Å². The first kappa shape index (κ1) is 28.6. The van der Waals surface area contributed by atoms with E-state index in [0.717, 1.165) is 36.3 Å². The summed E-state index contributed by atoms with van der Waals surface area (Å²) in [6, 6.07) is 18.4. The van der Waals surface area contributed by atoms with Crippen LogP contribution in [0.5, 0.6) is 0 Å². The van der Waals surface area contributed by atoms with E-state index in [2.05, 4.69) is 34.9 Å². The van der Waals surface area contributed by atoms with Crippen LogP contribution < -0.4 is 10.6 Å². The lowest BCUT2D eigenvalue weighted by molar-refractivity contribution is -0.138. The van der Waals surface area contributed by atoms with Gasteiger partial charge in [-0.2, -0.15) is 11.8 Å². The molecule has 2 N–H and O–H groups in total. The molecule has 3 atom stereocenters. The summed E-state index contributed by atoms with van der Waals surface area (Å²) in [4.78, 5) is 40.4. The molecule has 3 amide bonds. The zero-order valence-electron chi connectivity index (χ0n) is 22.0. The Labute approximate surface area is 224 Å². The van der Waals surface area contributed by atoms with Gasteiger partial charge in [-0.1, -0.05) is 74.5 Å². The molecular weight excluding hydrogens is 486 g/mol. The maximum atomic E-state index is 13.5. The molecule has 1 saturated heterocycles. The molecule has 0 saturated carbocycles. The molecule has 0 aliphatic carbocycles. The van der Waals surface area contributed by atoms with Crippen molar-refractivity contribution in [2.24, 2.45) is 5.92 Å². The normalized spacial score (nSPS) is 16.8. The molecule has 7 nitrogen and oxygen atoms in total. The summed E-state index contributed by atoms with van der Waals surface area (Å²) in [7, 11) is 0. The number of benzene rings is 2. The highest BCUT2D eigenvalue weighted by Crippen LogP contribution is 2.24. The average Bonchev–Trinajstić information content (AvgIpc) is 3.37. The Morgan fingerprint density at radius 1 is 0.973 bits per heavy atom. The summed E-state index contributed by atoms with van der Waals surface area (Å²) >= 11 is 1.87. The van der Waals surface area contributed by atoms with Gasteiger partial charge in [-0.3, -0.25) is 9.59 Å². The number of hydrogen-bond acceptors (Lipinski definition) is 5. The quantitative estimate of drug-likeness (QED) is 0.401. The first-order valence-corrected chi connectivity index (χ1v) is 14.2. The van der Waals surface area contributed by atoms with Crippen molar-refractivity contribution >= 4 is 29.7 Å². The van der Waals surface area contributed by atoms with Crippen LogP contribution in [0.3, 0.4) is 0 Å². The predicted octanol–water partition coefficient (Wildman–Crippen LogP) is 4.41. The molecule has 200 valence electrons. The van der Waals surface area contributed by atoms with Gasteiger partial charge in [0.2, 0.25) is 11.8 Å². The van der Waals surface area contributed by atoms with Crippen molar-refractivity contribution in [3.8, 4) is 0 Å². The summed E-state index contributed by atoms with van der Waals surface area (Å²) in [5, 5.41) is 5.43. The second-order valence-corrected chi connectivity index (χ2v) is 10.9. The van der Waals surface area contributed by atoms with Crippen molar-refractivity contribution in [2.45, 2.75) is 64.8 Å².